The Hall–Kier alpha value is -2.10. The Balaban J connectivity index is 4.42. The van der Waals surface area contributed by atoms with Crippen molar-refractivity contribution >= 4 is 17.9 Å². The minimum Gasteiger partial charge on any atom is -0.481 e. The minimum atomic E-state index is -0.975. The molecule has 0 aromatic heterocycles. The summed E-state index contributed by atoms with van der Waals surface area (Å²) in [6, 6.07) is 1.43. The third-order valence-electron chi connectivity index (χ3n) is 2.67. The Morgan fingerprint density at radius 3 is 2.33 bits per heavy atom. The SMILES string of the molecule is CC(C)CN(CCC#N)C(=O)NC(=O)CC(C)CC(=O)O. The molecule has 7 heteroatoms. The predicted molar refractivity (Wildman–Crippen MR) is 76.2 cm³/mol. The largest absolute Gasteiger partial charge is 0.481 e. The molecule has 0 rings (SSSR count). The van der Waals surface area contributed by atoms with E-state index in [1.165, 1.54) is 4.90 Å². The fraction of sp³-hybridized carbons (Fsp3) is 0.714. The number of carboxylic acids is 1. The van der Waals surface area contributed by atoms with E-state index in [1.807, 2.05) is 19.9 Å². The van der Waals surface area contributed by atoms with E-state index in [1.54, 1.807) is 6.92 Å². The molecule has 2 N–H and O–H groups in total. The molecule has 0 saturated heterocycles. The van der Waals surface area contributed by atoms with Crippen LogP contribution in [0.15, 0.2) is 0 Å². The summed E-state index contributed by atoms with van der Waals surface area (Å²) in [6.07, 6.45) is 0.0569. The van der Waals surface area contributed by atoms with Crippen LogP contribution in [0.2, 0.25) is 0 Å². The van der Waals surface area contributed by atoms with Crippen LogP contribution < -0.4 is 5.32 Å². The lowest BCUT2D eigenvalue weighted by molar-refractivity contribution is -0.138. The van der Waals surface area contributed by atoms with E-state index in [9.17, 15) is 14.4 Å². The second-order valence-corrected chi connectivity index (χ2v) is 5.51. The average Bonchev–Trinajstić information content (AvgIpc) is 2.32. The quantitative estimate of drug-likeness (QED) is 0.707. The highest BCUT2D eigenvalue weighted by atomic mass is 16.4. The Bertz CT molecular complexity index is 415. The molecule has 3 amide bonds. The van der Waals surface area contributed by atoms with E-state index in [-0.39, 0.29) is 37.6 Å². The summed E-state index contributed by atoms with van der Waals surface area (Å²) in [5.74, 6) is -1.60. The molecule has 0 aliphatic carbocycles. The van der Waals surface area contributed by atoms with E-state index in [0.717, 1.165) is 0 Å². The third kappa shape index (κ3) is 9.44. The highest BCUT2D eigenvalue weighted by Crippen LogP contribution is 2.07. The van der Waals surface area contributed by atoms with Gasteiger partial charge in [-0.05, 0) is 11.8 Å². The lowest BCUT2D eigenvalue weighted by Crippen LogP contribution is -2.45. The van der Waals surface area contributed by atoms with Gasteiger partial charge in [0.2, 0.25) is 5.91 Å². The van der Waals surface area contributed by atoms with Crippen molar-refractivity contribution in [1.82, 2.24) is 10.2 Å². The van der Waals surface area contributed by atoms with E-state index in [0.29, 0.717) is 6.54 Å². The first-order valence-electron chi connectivity index (χ1n) is 6.93. The molecule has 0 fully saturated rings. The average molecular weight is 297 g/mol. The zero-order valence-electron chi connectivity index (χ0n) is 12.8. The molecule has 1 unspecified atom stereocenters. The summed E-state index contributed by atoms with van der Waals surface area (Å²) in [7, 11) is 0. The first-order chi connectivity index (χ1) is 9.76. The van der Waals surface area contributed by atoms with Crippen LogP contribution in [0.1, 0.15) is 40.0 Å². The molecule has 0 aliphatic rings. The van der Waals surface area contributed by atoms with Gasteiger partial charge in [-0.2, -0.15) is 5.26 Å². The summed E-state index contributed by atoms with van der Waals surface area (Å²) in [4.78, 5) is 35.6. The zero-order valence-corrected chi connectivity index (χ0v) is 12.8. The van der Waals surface area contributed by atoms with Gasteiger partial charge < -0.3 is 10.0 Å². The summed E-state index contributed by atoms with van der Waals surface area (Å²) in [6.45, 7) is 6.22. The number of hydrogen-bond acceptors (Lipinski definition) is 4. The highest BCUT2D eigenvalue weighted by molar-refractivity contribution is 5.94. The van der Waals surface area contributed by atoms with Crippen LogP contribution in [0.4, 0.5) is 4.79 Å². The monoisotopic (exact) mass is 297 g/mol. The molecule has 118 valence electrons. The predicted octanol–water partition coefficient (Wildman–Crippen LogP) is 1.60. The van der Waals surface area contributed by atoms with Gasteiger partial charge in [0.05, 0.1) is 12.5 Å². The number of amides is 3. The van der Waals surface area contributed by atoms with Gasteiger partial charge in [0.25, 0.3) is 0 Å². The van der Waals surface area contributed by atoms with Crippen LogP contribution in [0.25, 0.3) is 0 Å². The summed E-state index contributed by atoms with van der Waals surface area (Å²) in [5, 5.41) is 19.5. The van der Waals surface area contributed by atoms with Crippen LogP contribution >= 0.6 is 0 Å². The van der Waals surface area contributed by atoms with E-state index in [2.05, 4.69) is 5.32 Å². The Morgan fingerprint density at radius 1 is 1.24 bits per heavy atom. The van der Waals surface area contributed by atoms with Crippen LogP contribution in [0, 0.1) is 23.2 Å². The number of carboxylic acid groups (broad SMARTS) is 1. The van der Waals surface area contributed by atoms with E-state index < -0.39 is 17.9 Å². The maximum Gasteiger partial charge on any atom is 0.324 e. The van der Waals surface area contributed by atoms with E-state index in [4.69, 9.17) is 10.4 Å². The molecular formula is C14H23N3O4. The number of carbonyl (C=O) groups is 3. The molecule has 7 nitrogen and oxygen atoms in total. The van der Waals surface area contributed by atoms with Gasteiger partial charge in [0.1, 0.15) is 0 Å². The standard InChI is InChI=1S/C14H23N3O4/c1-10(2)9-17(6-4-5-15)14(21)16-12(18)7-11(3)8-13(19)20/h10-11H,4,6-9H2,1-3H3,(H,19,20)(H,16,18,21). The Labute approximate surface area is 124 Å². The van der Waals surface area contributed by atoms with Crippen molar-refractivity contribution in [3.63, 3.8) is 0 Å². The molecule has 0 bridgehead atoms. The fourth-order valence-electron chi connectivity index (χ4n) is 1.84. The third-order valence-corrected chi connectivity index (χ3v) is 2.67. The van der Waals surface area contributed by atoms with Gasteiger partial charge in [-0.3, -0.25) is 14.9 Å². The number of nitrogens with zero attached hydrogens (tertiary/aromatic N) is 2. The van der Waals surface area contributed by atoms with Gasteiger partial charge >= 0.3 is 12.0 Å². The topological polar surface area (TPSA) is 111 Å². The van der Waals surface area contributed by atoms with Gasteiger partial charge in [0.15, 0.2) is 0 Å². The highest BCUT2D eigenvalue weighted by Gasteiger charge is 2.19. The first kappa shape index (κ1) is 18.9. The summed E-state index contributed by atoms with van der Waals surface area (Å²) >= 11 is 0. The van der Waals surface area contributed by atoms with Crippen molar-refractivity contribution in [3.8, 4) is 6.07 Å². The van der Waals surface area contributed by atoms with Crippen molar-refractivity contribution in [2.24, 2.45) is 11.8 Å². The molecule has 0 aromatic carbocycles. The number of nitriles is 1. The molecule has 0 spiro atoms. The molecular weight excluding hydrogens is 274 g/mol. The second-order valence-electron chi connectivity index (χ2n) is 5.51. The minimum absolute atomic E-state index is 0.0220. The molecule has 0 heterocycles. The van der Waals surface area contributed by atoms with Crippen LogP contribution in [0.5, 0.6) is 0 Å². The zero-order chi connectivity index (χ0) is 16.4. The maximum absolute atomic E-state index is 12.0. The van der Waals surface area contributed by atoms with Crippen molar-refractivity contribution in [2.45, 2.75) is 40.0 Å². The number of hydrogen-bond donors (Lipinski definition) is 2. The van der Waals surface area contributed by atoms with Crippen molar-refractivity contribution in [1.29, 1.82) is 5.26 Å². The van der Waals surface area contributed by atoms with Crippen molar-refractivity contribution in [2.75, 3.05) is 13.1 Å². The van der Waals surface area contributed by atoms with Gasteiger partial charge in [-0.1, -0.05) is 20.8 Å². The number of nitrogens with one attached hydrogen (secondary N) is 1. The lowest BCUT2D eigenvalue weighted by atomic mass is 10.0. The summed E-state index contributed by atoms with van der Waals surface area (Å²) in [5.41, 5.74) is 0. The van der Waals surface area contributed by atoms with Crippen LogP contribution in [0.3, 0.4) is 0 Å². The van der Waals surface area contributed by atoms with Gasteiger partial charge in [0, 0.05) is 25.9 Å². The second kappa shape index (κ2) is 9.75. The molecule has 0 aliphatic heterocycles. The normalized spacial score (nSPS) is 11.6. The smallest absolute Gasteiger partial charge is 0.324 e. The molecule has 0 saturated carbocycles. The number of imide groups is 1. The Kier molecular flexibility index (Phi) is 8.77. The van der Waals surface area contributed by atoms with Crippen molar-refractivity contribution in [3.05, 3.63) is 0 Å². The summed E-state index contributed by atoms with van der Waals surface area (Å²) < 4.78 is 0. The maximum atomic E-state index is 12.0. The van der Waals surface area contributed by atoms with Crippen LogP contribution in [-0.4, -0.2) is 41.0 Å². The number of carbonyl (C=O) groups excluding carboxylic acids is 2. The molecule has 1 atom stereocenters. The number of aliphatic carboxylic acids is 1. The molecule has 0 radical (unpaired) electrons. The molecule has 0 aromatic rings. The van der Waals surface area contributed by atoms with Gasteiger partial charge in [-0.15, -0.1) is 0 Å². The fourth-order valence-corrected chi connectivity index (χ4v) is 1.84. The number of rotatable bonds is 8. The van der Waals surface area contributed by atoms with Gasteiger partial charge in [-0.25, -0.2) is 4.79 Å². The number of urea groups is 1. The lowest BCUT2D eigenvalue weighted by Gasteiger charge is -2.23. The van der Waals surface area contributed by atoms with Crippen LogP contribution in [-0.2, 0) is 9.59 Å². The first-order valence-corrected chi connectivity index (χ1v) is 6.93. The van der Waals surface area contributed by atoms with Crippen molar-refractivity contribution < 1.29 is 19.5 Å². The van der Waals surface area contributed by atoms with E-state index >= 15 is 0 Å². The molecule has 21 heavy (non-hydrogen) atoms. The Morgan fingerprint density at radius 2 is 1.86 bits per heavy atom.